The van der Waals surface area contributed by atoms with Crippen LogP contribution in [0.4, 0.5) is 0 Å². The van der Waals surface area contributed by atoms with Crippen molar-refractivity contribution in [2.45, 2.75) is 26.2 Å². The van der Waals surface area contributed by atoms with E-state index in [9.17, 15) is 4.79 Å². The molecule has 3 heteroatoms. The molecular formula is C20H22O3. The van der Waals surface area contributed by atoms with Crippen LogP contribution in [0.5, 0.6) is 5.75 Å². The van der Waals surface area contributed by atoms with Crippen molar-refractivity contribution in [3.63, 3.8) is 0 Å². The molecule has 0 aliphatic heterocycles. The topological polar surface area (TPSA) is 35.5 Å². The number of ether oxygens (including phenoxy) is 2. The molecule has 0 saturated carbocycles. The monoisotopic (exact) mass is 310 g/mol. The number of benzene rings is 2. The molecule has 0 heterocycles. The predicted molar refractivity (Wildman–Crippen MR) is 91.3 cm³/mol. The summed E-state index contributed by atoms with van der Waals surface area (Å²) in [5.74, 6) is 0.887. The molecule has 0 atom stereocenters. The van der Waals surface area contributed by atoms with E-state index < -0.39 is 0 Å². The van der Waals surface area contributed by atoms with Crippen LogP contribution in [0.25, 0.3) is 11.1 Å². The first-order valence-electron chi connectivity index (χ1n) is 8.23. The van der Waals surface area contributed by atoms with Crippen molar-refractivity contribution in [1.29, 1.82) is 0 Å². The molecule has 2 aromatic carbocycles. The molecule has 1 aliphatic carbocycles. The van der Waals surface area contributed by atoms with Crippen molar-refractivity contribution in [1.82, 2.24) is 0 Å². The maximum atomic E-state index is 11.1. The number of hydrogen-bond acceptors (Lipinski definition) is 3. The van der Waals surface area contributed by atoms with E-state index in [1.807, 2.05) is 25.1 Å². The van der Waals surface area contributed by atoms with Gasteiger partial charge in [-0.05, 0) is 66.6 Å². The van der Waals surface area contributed by atoms with E-state index >= 15 is 0 Å². The number of rotatable bonds is 6. The lowest BCUT2D eigenvalue weighted by Gasteiger charge is -2.13. The lowest BCUT2D eigenvalue weighted by Crippen LogP contribution is -2.06. The zero-order valence-electron chi connectivity index (χ0n) is 13.5. The molecular weight excluding hydrogens is 288 g/mol. The molecule has 0 aromatic heterocycles. The van der Waals surface area contributed by atoms with Crippen LogP contribution in [0.3, 0.4) is 0 Å². The fourth-order valence-electron chi connectivity index (χ4n) is 3.10. The molecule has 0 bridgehead atoms. The lowest BCUT2D eigenvalue weighted by molar-refractivity contribution is 0.110. The normalized spacial score (nSPS) is 12.9. The molecule has 3 rings (SSSR count). The first kappa shape index (κ1) is 15.8. The van der Waals surface area contributed by atoms with E-state index in [1.54, 1.807) is 0 Å². The Bertz CT molecular complexity index is 691. The molecule has 0 spiro atoms. The van der Waals surface area contributed by atoms with Gasteiger partial charge < -0.3 is 9.47 Å². The van der Waals surface area contributed by atoms with Gasteiger partial charge in [0.25, 0.3) is 0 Å². The van der Waals surface area contributed by atoms with Crippen LogP contribution in [0.2, 0.25) is 0 Å². The molecule has 1 aliphatic rings. The van der Waals surface area contributed by atoms with Crippen LogP contribution in [0, 0.1) is 0 Å². The molecule has 0 radical (unpaired) electrons. The Morgan fingerprint density at radius 1 is 1.00 bits per heavy atom. The second-order valence-electron chi connectivity index (χ2n) is 5.75. The zero-order chi connectivity index (χ0) is 16.1. The molecule has 0 N–H and O–H groups in total. The minimum absolute atomic E-state index is 0.568. The summed E-state index contributed by atoms with van der Waals surface area (Å²) in [6, 6.07) is 12.2. The van der Waals surface area contributed by atoms with Crippen molar-refractivity contribution >= 4 is 6.29 Å². The van der Waals surface area contributed by atoms with Gasteiger partial charge in [0.05, 0.1) is 6.61 Å². The first-order valence-corrected chi connectivity index (χ1v) is 8.23. The van der Waals surface area contributed by atoms with E-state index in [-0.39, 0.29) is 0 Å². The van der Waals surface area contributed by atoms with Crippen molar-refractivity contribution < 1.29 is 14.3 Å². The minimum atomic E-state index is 0.568. The SMILES string of the molecule is CCOCCOc1ccc2c(c1)CCCc1ccc(C=O)cc1-2. The fourth-order valence-corrected chi connectivity index (χ4v) is 3.10. The molecule has 0 amide bonds. The Balaban J connectivity index is 1.87. The summed E-state index contributed by atoms with van der Waals surface area (Å²) in [4.78, 5) is 11.1. The van der Waals surface area contributed by atoms with E-state index in [1.165, 1.54) is 22.3 Å². The van der Waals surface area contributed by atoms with Crippen LogP contribution < -0.4 is 4.74 Å². The molecule has 0 saturated heterocycles. The third kappa shape index (κ3) is 3.62. The quantitative estimate of drug-likeness (QED) is 0.596. The van der Waals surface area contributed by atoms with Crippen LogP contribution >= 0.6 is 0 Å². The summed E-state index contributed by atoms with van der Waals surface area (Å²) < 4.78 is 11.1. The van der Waals surface area contributed by atoms with Gasteiger partial charge in [-0.25, -0.2) is 0 Å². The number of aryl methyl sites for hydroxylation is 2. The standard InChI is InChI=1S/C20H22O3/c1-2-22-10-11-23-18-8-9-19-17(13-18)5-3-4-16-7-6-15(14-21)12-20(16)19/h6-9,12-14H,2-5,10-11H2,1H3. The maximum Gasteiger partial charge on any atom is 0.150 e. The number of carbonyl (C=O) groups is 1. The third-order valence-electron chi connectivity index (χ3n) is 4.23. The number of aldehydes is 1. The summed E-state index contributed by atoms with van der Waals surface area (Å²) >= 11 is 0. The Morgan fingerprint density at radius 2 is 1.87 bits per heavy atom. The largest absolute Gasteiger partial charge is 0.491 e. The molecule has 0 fully saturated rings. The highest BCUT2D eigenvalue weighted by molar-refractivity contribution is 5.81. The molecule has 3 nitrogen and oxygen atoms in total. The van der Waals surface area contributed by atoms with Gasteiger partial charge in [0.2, 0.25) is 0 Å². The van der Waals surface area contributed by atoms with Gasteiger partial charge in [0.15, 0.2) is 0 Å². The predicted octanol–water partition coefficient (Wildman–Crippen LogP) is 4.07. The average molecular weight is 310 g/mol. The minimum Gasteiger partial charge on any atom is -0.491 e. The smallest absolute Gasteiger partial charge is 0.150 e. The molecule has 23 heavy (non-hydrogen) atoms. The number of hydrogen-bond donors (Lipinski definition) is 0. The van der Waals surface area contributed by atoms with Gasteiger partial charge in [-0.15, -0.1) is 0 Å². The van der Waals surface area contributed by atoms with Crippen molar-refractivity contribution in [3.8, 4) is 16.9 Å². The van der Waals surface area contributed by atoms with Crippen LogP contribution in [0.1, 0.15) is 34.8 Å². The van der Waals surface area contributed by atoms with Gasteiger partial charge in [-0.1, -0.05) is 18.2 Å². The summed E-state index contributed by atoms with van der Waals surface area (Å²) in [6.45, 7) is 3.87. The van der Waals surface area contributed by atoms with E-state index in [0.29, 0.717) is 19.8 Å². The third-order valence-corrected chi connectivity index (χ3v) is 4.23. The van der Waals surface area contributed by atoms with Crippen LogP contribution in [-0.2, 0) is 17.6 Å². The summed E-state index contributed by atoms with van der Waals surface area (Å²) in [7, 11) is 0. The number of fused-ring (bicyclic) bond motifs is 3. The molecule has 120 valence electrons. The summed E-state index contributed by atoms with van der Waals surface area (Å²) in [6.07, 6.45) is 4.10. The Kier molecular flexibility index (Phi) is 5.09. The highest BCUT2D eigenvalue weighted by Crippen LogP contribution is 2.35. The van der Waals surface area contributed by atoms with Gasteiger partial charge in [0, 0.05) is 12.2 Å². The highest BCUT2D eigenvalue weighted by atomic mass is 16.5. The van der Waals surface area contributed by atoms with E-state index in [2.05, 4.69) is 18.2 Å². The van der Waals surface area contributed by atoms with Gasteiger partial charge >= 0.3 is 0 Å². The Labute approximate surface area is 137 Å². The first-order chi connectivity index (χ1) is 11.3. The van der Waals surface area contributed by atoms with Crippen LogP contribution in [-0.4, -0.2) is 26.1 Å². The maximum absolute atomic E-state index is 11.1. The molecule has 0 unspecified atom stereocenters. The highest BCUT2D eigenvalue weighted by Gasteiger charge is 2.15. The number of carbonyl (C=O) groups excluding carboxylic acids is 1. The zero-order valence-corrected chi connectivity index (χ0v) is 13.5. The van der Waals surface area contributed by atoms with Crippen molar-refractivity contribution in [2.75, 3.05) is 19.8 Å². The second kappa shape index (κ2) is 7.42. The van der Waals surface area contributed by atoms with Gasteiger partial charge in [0.1, 0.15) is 18.6 Å². The average Bonchev–Trinajstić information content (AvgIpc) is 2.77. The van der Waals surface area contributed by atoms with Gasteiger partial charge in [-0.3, -0.25) is 4.79 Å². The Morgan fingerprint density at radius 3 is 2.70 bits per heavy atom. The van der Waals surface area contributed by atoms with Crippen LogP contribution in [0.15, 0.2) is 36.4 Å². The summed E-state index contributed by atoms with van der Waals surface area (Å²) in [5.41, 5.74) is 5.75. The van der Waals surface area contributed by atoms with E-state index in [0.717, 1.165) is 36.9 Å². The summed E-state index contributed by atoms with van der Waals surface area (Å²) in [5, 5.41) is 0. The molecule has 2 aromatic rings. The van der Waals surface area contributed by atoms with Crippen molar-refractivity contribution in [3.05, 3.63) is 53.1 Å². The second-order valence-corrected chi connectivity index (χ2v) is 5.75. The van der Waals surface area contributed by atoms with E-state index in [4.69, 9.17) is 9.47 Å². The van der Waals surface area contributed by atoms with Gasteiger partial charge in [-0.2, -0.15) is 0 Å². The lowest BCUT2D eigenvalue weighted by atomic mass is 9.95. The fraction of sp³-hybridized carbons (Fsp3) is 0.350. The Hall–Kier alpha value is -2.13. The van der Waals surface area contributed by atoms with Crippen molar-refractivity contribution in [2.24, 2.45) is 0 Å².